The van der Waals surface area contributed by atoms with E-state index in [1.807, 2.05) is 0 Å². The molecule has 1 aromatic carbocycles. The highest BCUT2D eigenvalue weighted by atomic mass is 16.5. The van der Waals surface area contributed by atoms with Crippen molar-refractivity contribution in [3.63, 3.8) is 0 Å². The van der Waals surface area contributed by atoms with Crippen molar-refractivity contribution in [1.82, 2.24) is 15.5 Å². The lowest BCUT2D eigenvalue weighted by Gasteiger charge is -2.05. The lowest BCUT2D eigenvalue weighted by Crippen LogP contribution is -2.25. The van der Waals surface area contributed by atoms with Crippen LogP contribution in [0.15, 0.2) is 28.8 Å². The van der Waals surface area contributed by atoms with Gasteiger partial charge in [-0.05, 0) is 37.0 Å². The maximum atomic E-state index is 11.9. The number of carboxylic acid groups (broad SMARTS) is 1. The molecule has 0 unspecified atom stereocenters. The summed E-state index contributed by atoms with van der Waals surface area (Å²) in [6.07, 6.45) is 6.08. The van der Waals surface area contributed by atoms with E-state index in [0.29, 0.717) is 37.6 Å². The van der Waals surface area contributed by atoms with Crippen LogP contribution < -0.4 is 5.32 Å². The third kappa shape index (κ3) is 4.91. The van der Waals surface area contributed by atoms with Gasteiger partial charge in [-0.25, -0.2) is 4.79 Å². The summed E-state index contributed by atoms with van der Waals surface area (Å²) < 4.78 is 5.24. The number of hydrogen-bond donors (Lipinski definition) is 2. The number of rotatable bonds is 8. The lowest BCUT2D eigenvalue weighted by atomic mass is 10.1. The first-order chi connectivity index (χ1) is 12.6. The van der Waals surface area contributed by atoms with Gasteiger partial charge in [0.15, 0.2) is 5.82 Å². The summed E-state index contributed by atoms with van der Waals surface area (Å²) in [6, 6.07) is 6.66. The van der Waals surface area contributed by atoms with Crippen molar-refractivity contribution in [1.29, 1.82) is 0 Å². The normalized spacial score (nSPS) is 14.5. The fraction of sp³-hybridized carbons (Fsp3) is 0.474. The summed E-state index contributed by atoms with van der Waals surface area (Å²) in [5, 5.41) is 15.8. The fourth-order valence-electron chi connectivity index (χ4n) is 3.19. The molecule has 1 fully saturated rings. The molecule has 1 aromatic heterocycles. The molecule has 1 saturated carbocycles. The number of benzene rings is 1. The summed E-state index contributed by atoms with van der Waals surface area (Å²) >= 11 is 0. The van der Waals surface area contributed by atoms with Gasteiger partial charge in [0.1, 0.15) is 0 Å². The van der Waals surface area contributed by atoms with Crippen LogP contribution in [0.5, 0.6) is 0 Å². The summed E-state index contributed by atoms with van der Waals surface area (Å²) in [4.78, 5) is 27.1. The molecular weight excluding hydrogens is 334 g/mol. The summed E-state index contributed by atoms with van der Waals surface area (Å²) in [6.45, 7) is 0.502. The number of carbonyl (C=O) groups excluding carboxylic acids is 1. The second kappa shape index (κ2) is 8.60. The Balaban J connectivity index is 1.37. The summed E-state index contributed by atoms with van der Waals surface area (Å²) in [7, 11) is 0. The van der Waals surface area contributed by atoms with Crippen LogP contribution in [0.2, 0.25) is 0 Å². The van der Waals surface area contributed by atoms with Crippen LogP contribution in [0, 0.1) is 0 Å². The van der Waals surface area contributed by atoms with Crippen molar-refractivity contribution in [2.24, 2.45) is 0 Å². The van der Waals surface area contributed by atoms with Gasteiger partial charge in [0.05, 0.1) is 5.56 Å². The van der Waals surface area contributed by atoms with Gasteiger partial charge in [0.25, 0.3) is 0 Å². The monoisotopic (exact) mass is 357 g/mol. The van der Waals surface area contributed by atoms with Crippen molar-refractivity contribution in [2.75, 3.05) is 6.54 Å². The molecule has 1 aliphatic rings. The molecule has 0 atom stereocenters. The van der Waals surface area contributed by atoms with Gasteiger partial charge in [-0.15, -0.1) is 0 Å². The third-order valence-electron chi connectivity index (χ3n) is 4.71. The number of nitrogens with one attached hydrogen (secondary N) is 1. The zero-order valence-electron chi connectivity index (χ0n) is 14.6. The molecular formula is C19H23N3O4. The molecule has 0 saturated heterocycles. The highest BCUT2D eigenvalue weighted by molar-refractivity contribution is 5.87. The number of amides is 1. The van der Waals surface area contributed by atoms with Crippen LogP contribution in [0.1, 0.15) is 65.7 Å². The summed E-state index contributed by atoms with van der Waals surface area (Å²) in [5.41, 5.74) is 1.24. The van der Waals surface area contributed by atoms with Gasteiger partial charge >= 0.3 is 5.97 Å². The van der Waals surface area contributed by atoms with Crippen molar-refractivity contribution in [2.45, 2.75) is 50.9 Å². The van der Waals surface area contributed by atoms with Crippen molar-refractivity contribution in [3.05, 3.63) is 47.1 Å². The van der Waals surface area contributed by atoms with Crippen molar-refractivity contribution in [3.8, 4) is 0 Å². The molecule has 0 bridgehead atoms. The second-order valence-electron chi connectivity index (χ2n) is 6.63. The minimum atomic E-state index is -0.943. The van der Waals surface area contributed by atoms with Crippen LogP contribution >= 0.6 is 0 Å². The Hall–Kier alpha value is -2.70. The average molecular weight is 357 g/mol. The Morgan fingerprint density at radius 2 is 1.88 bits per heavy atom. The number of aryl methyl sites for hydroxylation is 1. The number of aromatic carboxylic acids is 1. The van der Waals surface area contributed by atoms with E-state index < -0.39 is 5.97 Å². The van der Waals surface area contributed by atoms with E-state index >= 15 is 0 Å². The molecule has 7 heteroatoms. The topological polar surface area (TPSA) is 105 Å². The zero-order chi connectivity index (χ0) is 18.4. The standard InChI is InChI=1S/C19H23N3O4/c23-16(20-12-11-13-5-7-15(8-6-13)19(24)25)9-10-17-21-18(22-26-17)14-3-1-2-4-14/h5-8,14H,1-4,9-12H2,(H,20,23)(H,24,25). The number of carbonyl (C=O) groups is 2. The molecule has 26 heavy (non-hydrogen) atoms. The van der Waals surface area contributed by atoms with Gasteiger partial charge in [0.2, 0.25) is 11.8 Å². The van der Waals surface area contributed by atoms with Gasteiger partial charge in [-0.2, -0.15) is 4.98 Å². The molecule has 138 valence electrons. The number of nitrogens with zero attached hydrogens (tertiary/aromatic N) is 2. The molecule has 3 rings (SSSR count). The van der Waals surface area contributed by atoms with Crippen LogP contribution in [0.3, 0.4) is 0 Å². The van der Waals surface area contributed by atoms with E-state index in [1.54, 1.807) is 24.3 Å². The molecule has 1 aliphatic carbocycles. The molecule has 0 spiro atoms. The maximum absolute atomic E-state index is 11.9. The van der Waals surface area contributed by atoms with E-state index in [-0.39, 0.29) is 11.5 Å². The molecule has 2 aromatic rings. The highest BCUT2D eigenvalue weighted by Crippen LogP contribution is 2.32. The first kappa shape index (κ1) is 18.1. The smallest absolute Gasteiger partial charge is 0.335 e. The number of carboxylic acids is 1. The molecule has 2 N–H and O–H groups in total. The molecule has 1 amide bonds. The number of aromatic nitrogens is 2. The largest absolute Gasteiger partial charge is 0.478 e. The Morgan fingerprint density at radius 1 is 1.15 bits per heavy atom. The Morgan fingerprint density at radius 3 is 2.58 bits per heavy atom. The Labute approximate surface area is 151 Å². The first-order valence-electron chi connectivity index (χ1n) is 9.03. The van der Waals surface area contributed by atoms with Gasteiger partial charge < -0.3 is 14.9 Å². The molecule has 0 radical (unpaired) electrons. The van der Waals surface area contributed by atoms with E-state index in [9.17, 15) is 9.59 Å². The Bertz CT molecular complexity index is 748. The van der Waals surface area contributed by atoms with E-state index in [1.165, 1.54) is 12.8 Å². The SMILES string of the molecule is O=C(CCc1nc(C2CCCC2)no1)NCCc1ccc(C(=O)O)cc1. The zero-order valence-corrected chi connectivity index (χ0v) is 14.6. The first-order valence-corrected chi connectivity index (χ1v) is 9.03. The minimum absolute atomic E-state index is 0.0622. The average Bonchev–Trinajstić information content (AvgIpc) is 3.32. The van der Waals surface area contributed by atoms with E-state index in [2.05, 4.69) is 15.5 Å². The Kier molecular flexibility index (Phi) is 5.99. The third-order valence-corrected chi connectivity index (χ3v) is 4.71. The predicted molar refractivity (Wildman–Crippen MR) is 93.9 cm³/mol. The number of hydrogen-bond acceptors (Lipinski definition) is 5. The van der Waals surface area contributed by atoms with Crippen LogP contribution in [0.25, 0.3) is 0 Å². The van der Waals surface area contributed by atoms with Gasteiger partial charge in [0, 0.05) is 25.3 Å². The van der Waals surface area contributed by atoms with Gasteiger partial charge in [-0.3, -0.25) is 4.79 Å². The minimum Gasteiger partial charge on any atom is -0.478 e. The highest BCUT2D eigenvalue weighted by Gasteiger charge is 2.22. The maximum Gasteiger partial charge on any atom is 0.335 e. The summed E-state index contributed by atoms with van der Waals surface area (Å²) in [5.74, 6) is 0.706. The molecule has 0 aliphatic heterocycles. The van der Waals surface area contributed by atoms with Crippen molar-refractivity contribution >= 4 is 11.9 Å². The molecule has 1 heterocycles. The van der Waals surface area contributed by atoms with E-state index in [0.717, 1.165) is 24.2 Å². The van der Waals surface area contributed by atoms with Crippen molar-refractivity contribution < 1.29 is 19.2 Å². The van der Waals surface area contributed by atoms with E-state index in [4.69, 9.17) is 9.63 Å². The lowest BCUT2D eigenvalue weighted by molar-refractivity contribution is -0.121. The van der Waals surface area contributed by atoms with Gasteiger partial charge in [-0.1, -0.05) is 30.1 Å². The van der Waals surface area contributed by atoms with Crippen LogP contribution in [-0.4, -0.2) is 33.7 Å². The second-order valence-corrected chi connectivity index (χ2v) is 6.63. The fourth-order valence-corrected chi connectivity index (χ4v) is 3.19. The molecule has 7 nitrogen and oxygen atoms in total. The predicted octanol–water partition coefficient (Wildman–Crippen LogP) is 2.72. The van der Waals surface area contributed by atoms with Crippen LogP contribution in [0.4, 0.5) is 0 Å². The quantitative estimate of drug-likeness (QED) is 0.752. The van der Waals surface area contributed by atoms with Crippen LogP contribution in [-0.2, 0) is 17.6 Å².